The lowest BCUT2D eigenvalue weighted by molar-refractivity contribution is 0.0279. The van der Waals surface area contributed by atoms with Crippen molar-refractivity contribution in [3.05, 3.63) is 23.8 Å². The van der Waals surface area contributed by atoms with Crippen molar-refractivity contribution < 1.29 is 19.4 Å². The number of morpholine rings is 1. The van der Waals surface area contributed by atoms with E-state index in [2.05, 4.69) is 10.6 Å². The molecular weight excluding hydrogens is 272 g/mol. The number of amides is 1. The SMILES string of the molecule is CC(C)(C)OC(=O)Nc1ccc(O)cc1C1CNCCO1. The Morgan fingerprint density at radius 3 is 2.86 bits per heavy atom. The first-order valence-corrected chi connectivity index (χ1v) is 7.00. The summed E-state index contributed by atoms with van der Waals surface area (Å²) in [5, 5.41) is 15.6. The quantitative estimate of drug-likeness (QED) is 0.730. The van der Waals surface area contributed by atoms with Gasteiger partial charge >= 0.3 is 6.09 Å². The fourth-order valence-corrected chi connectivity index (χ4v) is 2.11. The van der Waals surface area contributed by atoms with Crippen molar-refractivity contribution in [2.75, 3.05) is 25.0 Å². The highest BCUT2D eigenvalue weighted by atomic mass is 16.6. The highest BCUT2D eigenvalue weighted by molar-refractivity contribution is 5.86. The average Bonchev–Trinajstić information content (AvgIpc) is 2.40. The zero-order chi connectivity index (χ0) is 15.5. The number of anilines is 1. The summed E-state index contributed by atoms with van der Waals surface area (Å²) in [6, 6.07) is 4.77. The fourth-order valence-electron chi connectivity index (χ4n) is 2.11. The van der Waals surface area contributed by atoms with Gasteiger partial charge in [0, 0.05) is 18.7 Å². The molecule has 1 amide bonds. The van der Waals surface area contributed by atoms with E-state index in [-0.39, 0.29) is 11.9 Å². The molecule has 0 aromatic heterocycles. The summed E-state index contributed by atoms with van der Waals surface area (Å²) < 4.78 is 10.9. The van der Waals surface area contributed by atoms with Gasteiger partial charge in [-0.05, 0) is 39.0 Å². The molecular formula is C15H22N2O4. The average molecular weight is 294 g/mol. The molecule has 1 atom stereocenters. The third-order valence-corrected chi connectivity index (χ3v) is 2.95. The number of ether oxygens (including phenoxy) is 2. The van der Waals surface area contributed by atoms with Crippen molar-refractivity contribution in [2.24, 2.45) is 0 Å². The zero-order valence-electron chi connectivity index (χ0n) is 12.6. The number of carbonyl (C=O) groups excluding carboxylic acids is 1. The van der Waals surface area contributed by atoms with Crippen molar-refractivity contribution in [3.8, 4) is 5.75 Å². The number of carbonyl (C=O) groups is 1. The van der Waals surface area contributed by atoms with Crippen LogP contribution >= 0.6 is 0 Å². The number of phenols is 1. The van der Waals surface area contributed by atoms with E-state index in [9.17, 15) is 9.90 Å². The van der Waals surface area contributed by atoms with Gasteiger partial charge in [0.1, 0.15) is 11.4 Å². The Balaban J connectivity index is 2.16. The van der Waals surface area contributed by atoms with Crippen molar-refractivity contribution in [3.63, 3.8) is 0 Å². The molecule has 1 heterocycles. The summed E-state index contributed by atoms with van der Waals surface area (Å²) in [5.74, 6) is 0.133. The van der Waals surface area contributed by atoms with Crippen LogP contribution in [0.4, 0.5) is 10.5 Å². The predicted octanol–water partition coefficient (Wildman–Crippen LogP) is 2.40. The van der Waals surface area contributed by atoms with Crippen LogP contribution in [0.3, 0.4) is 0 Å². The smallest absolute Gasteiger partial charge is 0.412 e. The molecule has 0 spiro atoms. The van der Waals surface area contributed by atoms with Gasteiger partial charge in [0.2, 0.25) is 0 Å². The Labute approximate surface area is 124 Å². The van der Waals surface area contributed by atoms with Crippen molar-refractivity contribution >= 4 is 11.8 Å². The van der Waals surface area contributed by atoms with Crippen LogP contribution in [-0.4, -0.2) is 36.5 Å². The molecule has 1 unspecified atom stereocenters. The molecule has 0 aliphatic carbocycles. The molecule has 3 N–H and O–H groups in total. The molecule has 2 rings (SSSR count). The first-order valence-electron chi connectivity index (χ1n) is 7.00. The number of benzene rings is 1. The number of rotatable bonds is 2. The molecule has 6 heteroatoms. The van der Waals surface area contributed by atoms with Crippen LogP contribution in [0.2, 0.25) is 0 Å². The van der Waals surface area contributed by atoms with E-state index in [1.807, 2.05) is 0 Å². The number of aromatic hydroxyl groups is 1. The minimum Gasteiger partial charge on any atom is -0.508 e. The van der Waals surface area contributed by atoms with E-state index >= 15 is 0 Å². The van der Waals surface area contributed by atoms with Crippen LogP contribution in [0.5, 0.6) is 5.75 Å². The number of nitrogens with one attached hydrogen (secondary N) is 2. The van der Waals surface area contributed by atoms with Crippen molar-refractivity contribution in [1.29, 1.82) is 0 Å². The normalized spacial score (nSPS) is 19.1. The van der Waals surface area contributed by atoms with E-state index in [4.69, 9.17) is 9.47 Å². The van der Waals surface area contributed by atoms with Gasteiger partial charge in [-0.15, -0.1) is 0 Å². The molecule has 116 valence electrons. The molecule has 1 aliphatic rings. The Kier molecular flexibility index (Phi) is 4.69. The van der Waals surface area contributed by atoms with Gasteiger partial charge in [-0.3, -0.25) is 5.32 Å². The topological polar surface area (TPSA) is 79.8 Å². The first-order chi connectivity index (χ1) is 9.85. The lowest BCUT2D eigenvalue weighted by Crippen LogP contribution is -2.34. The minimum atomic E-state index is -0.565. The summed E-state index contributed by atoms with van der Waals surface area (Å²) in [5.41, 5.74) is 0.744. The maximum Gasteiger partial charge on any atom is 0.412 e. The van der Waals surface area contributed by atoms with Crippen LogP contribution < -0.4 is 10.6 Å². The van der Waals surface area contributed by atoms with E-state index < -0.39 is 11.7 Å². The lowest BCUT2D eigenvalue weighted by atomic mass is 10.1. The van der Waals surface area contributed by atoms with Gasteiger partial charge in [0.15, 0.2) is 0 Å². The van der Waals surface area contributed by atoms with Gasteiger partial charge in [0.05, 0.1) is 18.4 Å². The Morgan fingerprint density at radius 1 is 1.48 bits per heavy atom. The van der Waals surface area contributed by atoms with Crippen molar-refractivity contribution in [1.82, 2.24) is 5.32 Å². The van der Waals surface area contributed by atoms with Crippen LogP contribution in [0.15, 0.2) is 18.2 Å². The highest BCUT2D eigenvalue weighted by Crippen LogP contribution is 2.30. The third-order valence-electron chi connectivity index (χ3n) is 2.95. The van der Waals surface area contributed by atoms with Crippen LogP contribution in [0.1, 0.15) is 32.4 Å². The van der Waals surface area contributed by atoms with E-state index in [1.165, 1.54) is 6.07 Å². The van der Waals surface area contributed by atoms with E-state index in [1.54, 1.807) is 32.9 Å². The van der Waals surface area contributed by atoms with Gasteiger partial charge in [-0.25, -0.2) is 4.79 Å². The second kappa shape index (κ2) is 6.32. The molecule has 1 aromatic rings. The molecule has 6 nitrogen and oxygen atoms in total. The summed E-state index contributed by atoms with van der Waals surface area (Å²) in [6.07, 6.45) is -0.742. The summed E-state index contributed by atoms with van der Waals surface area (Å²) >= 11 is 0. The Hall–Kier alpha value is -1.79. The molecule has 21 heavy (non-hydrogen) atoms. The number of phenolic OH excluding ortho intramolecular Hbond substituents is 1. The molecule has 1 saturated heterocycles. The monoisotopic (exact) mass is 294 g/mol. The summed E-state index contributed by atoms with van der Waals surface area (Å²) in [4.78, 5) is 11.9. The maximum atomic E-state index is 11.9. The molecule has 1 fully saturated rings. The maximum absolute atomic E-state index is 11.9. The van der Waals surface area contributed by atoms with Crippen LogP contribution in [0.25, 0.3) is 0 Å². The zero-order valence-corrected chi connectivity index (χ0v) is 12.6. The van der Waals surface area contributed by atoms with Crippen LogP contribution in [0, 0.1) is 0 Å². The fraction of sp³-hybridized carbons (Fsp3) is 0.533. The number of hydrogen-bond acceptors (Lipinski definition) is 5. The van der Waals surface area contributed by atoms with E-state index in [0.29, 0.717) is 18.8 Å². The summed E-state index contributed by atoms with van der Waals surface area (Å²) in [7, 11) is 0. The van der Waals surface area contributed by atoms with Gasteiger partial charge in [0.25, 0.3) is 0 Å². The molecule has 0 radical (unpaired) electrons. The summed E-state index contributed by atoms with van der Waals surface area (Å²) in [6.45, 7) is 7.43. The molecule has 0 saturated carbocycles. The highest BCUT2D eigenvalue weighted by Gasteiger charge is 2.22. The van der Waals surface area contributed by atoms with Gasteiger partial charge < -0.3 is 19.9 Å². The largest absolute Gasteiger partial charge is 0.508 e. The molecule has 1 aromatic carbocycles. The van der Waals surface area contributed by atoms with Gasteiger partial charge in [-0.1, -0.05) is 0 Å². The third kappa shape index (κ3) is 4.61. The first kappa shape index (κ1) is 15.6. The predicted molar refractivity (Wildman–Crippen MR) is 79.5 cm³/mol. The number of hydrogen-bond donors (Lipinski definition) is 3. The molecule has 1 aliphatic heterocycles. The second-order valence-electron chi connectivity index (χ2n) is 5.96. The Morgan fingerprint density at radius 2 is 2.24 bits per heavy atom. The Bertz CT molecular complexity index is 505. The second-order valence-corrected chi connectivity index (χ2v) is 5.96. The lowest BCUT2D eigenvalue weighted by Gasteiger charge is -2.26. The standard InChI is InChI=1S/C15H22N2O4/c1-15(2,3)21-14(19)17-12-5-4-10(18)8-11(12)13-9-16-6-7-20-13/h4-5,8,13,16,18H,6-7,9H2,1-3H3,(H,17,19). The van der Waals surface area contributed by atoms with Gasteiger partial charge in [-0.2, -0.15) is 0 Å². The van der Waals surface area contributed by atoms with Crippen LogP contribution in [-0.2, 0) is 9.47 Å². The molecule has 0 bridgehead atoms. The minimum absolute atomic E-state index is 0.133. The van der Waals surface area contributed by atoms with Crippen molar-refractivity contribution in [2.45, 2.75) is 32.5 Å². The van der Waals surface area contributed by atoms with E-state index in [0.717, 1.165) is 12.1 Å².